The van der Waals surface area contributed by atoms with Crippen LogP contribution in [0.2, 0.25) is 0 Å². The lowest BCUT2D eigenvalue weighted by Crippen LogP contribution is -2.29. The summed E-state index contributed by atoms with van der Waals surface area (Å²) in [6.07, 6.45) is 2.23. The second-order valence-corrected chi connectivity index (χ2v) is 5.31. The van der Waals surface area contributed by atoms with E-state index in [1.54, 1.807) is 12.1 Å². The number of carbonyl (C=O) groups is 1. The van der Waals surface area contributed by atoms with E-state index in [1.165, 1.54) is 0 Å². The van der Waals surface area contributed by atoms with E-state index in [0.29, 0.717) is 31.0 Å². The summed E-state index contributed by atoms with van der Waals surface area (Å²) in [4.78, 5) is 15.2. The molecule has 0 aliphatic heterocycles. The van der Waals surface area contributed by atoms with Gasteiger partial charge in [-0.3, -0.25) is 4.79 Å². The fourth-order valence-corrected chi connectivity index (χ4v) is 2.48. The fourth-order valence-electron chi connectivity index (χ4n) is 2.48. The third kappa shape index (κ3) is 3.83. The first-order chi connectivity index (χ1) is 11.2. The molecule has 0 bridgehead atoms. The molecule has 0 atom stereocenters. The number of ether oxygens (including phenoxy) is 1. The van der Waals surface area contributed by atoms with Crippen molar-refractivity contribution in [2.75, 3.05) is 18.9 Å². The summed E-state index contributed by atoms with van der Waals surface area (Å²) in [6.45, 7) is 0.860. The zero-order valence-electron chi connectivity index (χ0n) is 12.7. The molecule has 0 saturated heterocycles. The van der Waals surface area contributed by atoms with Crippen molar-refractivity contribution >= 4 is 22.5 Å². The van der Waals surface area contributed by atoms with Crippen LogP contribution in [-0.4, -0.2) is 24.0 Å². The van der Waals surface area contributed by atoms with Gasteiger partial charge in [-0.05, 0) is 23.8 Å². The zero-order chi connectivity index (χ0) is 16.1. The summed E-state index contributed by atoms with van der Waals surface area (Å²) < 4.78 is 5.54. The van der Waals surface area contributed by atoms with Crippen LogP contribution in [0.1, 0.15) is 5.56 Å². The van der Waals surface area contributed by atoms with Gasteiger partial charge in [0.15, 0.2) is 0 Å². The molecule has 0 aliphatic rings. The Morgan fingerprint density at radius 1 is 1.17 bits per heavy atom. The Morgan fingerprint density at radius 3 is 2.91 bits per heavy atom. The van der Waals surface area contributed by atoms with Gasteiger partial charge in [-0.15, -0.1) is 0 Å². The number of hydrogen-bond donors (Lipinski definition) is 3. The normalized spacial score (nSPS) is 10.6. The molecule has 1 heterocycles. The van der Waals surface area contributed by atoms with E-state index in [9.17, 15) is 4.79 Å². The predicted molar refractivity (Wildman–Crippen MR) is 91.4 cm³/mol. The molecule has 0 spiro atoms. The highest BCUT2D eigenvalue weighted by molar-refractivity contribution is 5.88. The number of nitrogens with one attached hydrogen (secondary N) is 2. The number of nitrogens with two attached hydrogens (primary N) is 1. The molecule has 0 fully saturated rings. The number of H-pyrrole nitrogens is 1. The molecular weight excluding hydrogens is 290 g/mol. The number of carbonyl (C=O) groups excluding carboxylic acids is 1. The van der Waals surface area contributed by atoms with Crippen LogP contribution in [0.5, 0.6) is 5.75 Å². The molecule has 1 aromatic heterocycles. The molecule has 3 aromatic rings. The Morgan fingerprint density at radius 2 is 2.04 bits per heavy atom. The minimum Gasteiger partial charge on any atom is -0.492 e. The Bertz CT molecular complexity index is 811. The highest BCUT2D eigenvalue weighted by Crippen LogP contribution is 2.18. The molecule has 5 nitrogen and oxygen atoms in total. The Hall–Kier alpha value is -2.95. The van der Waals surface area contributed by atoms with Crippen LogP contribution in [0.15, 0.2) is 54.7 Å². The summed E-state index contributed by atoms with van der Waals surface area (Å²) >= 11 is 0. The second kappa shape index (κ2) is 6.87. The molecule has 5 heteroatoms. The topological polar surface area (TPSA) is 80.1 Å². The van der Waals surface area contributed by atoms with Crippen LogP contribution in [0.25, 0.3) is 10.9 Å². The maximum absolute atomic E-state index is 12.0. The van der Waals surface area contributed by atoms with E-state index in [1.807, 2.05) is 42.6 Å². The van der Waals surface area contributed by atoms with Gasteiger partial charge in [-0.2, -0.15) is 0 Å². The number of aromatic nitrogens is 1. The third-order valence-corrected chi connectivity index (χ3v) is 3.58. The largest absolute Gasteiger partial charge is 0.492 e. The van der Waals surface area contributed by atoms with Crippen molar-refractivity contribution in [3.8, 4) is 5.75 Å². The number of benzene rings is 2. The number of para-hydroxylation sites is 1. The molecule has 3 rings (SSSR count). The van der Waals surface area contributed by atoms with Gasteiger partial charge in [0, 0.05) is 28.9 Å². The average Bonchev–Trinajstić information content (AvgIpc) is 2.95. The lowest BCUT2D eigenvalue weighted by molar-refractivity contribution is -0.120. The van der Waals surface area contributed by atoms with Crippen LogP contribution in [0, 0.1) is 0 Å². The Labute approximate surface area is 134 Å². The molecule has 0 radical (unpaired) electrons. The Kier molecular flexibility index (Phi) is 4.47. The van der Waals surface area contributed by atoms with Crippen molar-refractivity contribution < 1.29 is 9.53 Å². The van der Waals surface area contributed by atoms with Crippen molar-refractivity contribution in [1.82, 2.24) is 10.3 Å². The molecule has 1 amide bonds. The third-order valence-electron chi connectivity index (χ3n) is 3.58. The van der Waals surface area contributed by atoms with Crippen molar-refractivity contribution in [3.63, 3.8) is 0 Å². The van der Waals surface area contributed by atoms with Gasteiger partial charge in [-0.1, -0.05) is 24.3 Å². The van der Waals surface area contributed by atoms with E-state index in [-0.39, 0.29) is 5.91 Å². The van der Waals surface area contributed by atoms with E-state index in [4.69, 9.17) is 10.5 Å². The number of amides is 1. The van der Waals surface area contributed by atoms with E-state index in [0.717, 1.165) is 16.5 Å². The lowest BCUT2D eigenvalue weighted by atomic mass is 10.1. The molecular formula is C18H19N3O2. The number of rotatable bonds is 6. The average molecular weight is 309 g/mol. The van der Waals surface area contributed by atoms with E-state index >= 15 is 0 Å². The van der Waals surface area contributed by atoms with Crippen LogP contribution < -0.4 is 15.8 Å². The molecule has 2 aromatic carbocycles. The second-order valence-electron chi connectivity index (χ2n) is 5.31. The van der Waals surface area contributed by atoms with Crippen LogP contribution in [0.3, 0.4) is 0 Å². The minimum absolute atomic E-state index is 0.0223. The summed E-state index contributed by atoms with van der Waals surface area (Å²) in [5, 5.41) is 3.94. The number of aromatic amines is 1. The SMILES string of the molecule is Nc1cccc(OCCNC(=O)Cc2c[nH]c3ccccc23)c1. The standard InChI is InChI=1S/C18H19N3O2/c19-14-4-3-5-15(11-14)23-9-8-20-18(22)10-13-12-21-17-7-2-1-6-16(13)17/h1-7,11-12,21H,8-10,19H2,(H,20,22). The highest BCUT2D eigenvalue weighted by Gasteiger charge is 2.08. The molecule has 0 aliphatic carbocycles. The minimum atomic E-state index is -0.0223. The summed E-state index contributed by atoms with van der Waals surface area (Å²) in [7, 11) is 0. The zero-order valence-corrected chi connectivity index (χ0v) is 12.7. The number of nitrogen functional groups attached to an aromatic ring is 1. The molecule has 0 unspecified atom stereocenters. The maximum Gasteiger partial charge on any atom is 0.224 e. The van der Waals surface area contributed by atoms with Crippen LogP contribution in [0.4, 0.5) is 5.69 Å². The van der Waals surface area contributed by atoms with Crippen molar-refractivity contribution in [3.05, 3.63) is 60.3 Å². The number of hydrogen-bond acceptors (Lipinski definition) is 3. The molecule has 4 N–H and O–H groups in total. The van der Waals surface area contributed by atoms with Gasteiger partial charge < -0.3 is 20.8 Å². The lowest BCUT2D eigenvalue weighted by Gasteiger charge is -2.08. The van der Waals surface area contributed by atoms with Gasteiger partial charge in [0.2, 0.25) is 5.91 Å². The van der Waals surface area contributed by atoms with Gasteiger partial charge in [0.1, 0.15) is 12.4 Å². The maximum atomic E-state index is 12.0. The summed E-state index contributed by atoms with van der Waals surface area (Å²) in [5.74, 6) is 0.682. The quantitative estimate of drug-likeness (QED) is 0.483. The van der Waals surface area contributed by atoms with Gasteiger partial charge >= 0.3 is 0 Å². The Balaban J connectivity index is 1.46. The van der Waals surface area contributed by atoms with Crippen LogP contribution >= 0.6 is 0 Å². The number of anilines is 1. The first-order valence-corrected chi connectivity index (χ1v) is 7.52. The van der Waals surface area contributed by atoms with Gasteiger partial charge in [-0.25, -0.2) is 0 Å². The van der Waals surface area contributed by atoms with E-state index < -0.39 is 0 Å². The smallest absolute Gasteiger partial charge is 0.224 e. The summed E-state index contributed by atoms with van der Waals surface area (Å²) in [5.41, 5.74) is 8.37. The van der Waals surface area contributed by atoms with E-state index in [2.05, 4.69) is 10.3 Å². The monoisotopic (exact) mass is 309 g/mol. The number of fused-ring (bicyclic) bond motifs is 1. The molecule has 0 saturated carbocycles. The molecule has 23 heavy (non-hydrogen) atoms. The van der Waals surface area contributed by atoms with Crippen LogP contribution in [-0.2, 0) is 11.2 Å². The highest BCUT2D eigenvalue weighted by atomic mass is 16.5. The van der Waals surface area contributed by atoms with Crippen molar-refractivity contribution in [1.29, 1.82) is 0 Å². The van der Waals surface area contributed by atoms with Gasteiger partial charge in [0.05, 0.1) is 13.0 Å². The first-order valence-electron chi connectivity index (χ1n) is 7.52. The molecule has 118 valence electrons. The van der Waals surface area contributed by atoms with Crippen molar-refractivity contribution in [2.24, 2.45) is 0 Å². The van der Waals surface area contributed by atoms with Crippen molar-refractivity contribution in [2.45, 2.75) is 6.42 Å². The summed E-state index contributed by atoms with van der Waals surface area (Å²) in [6, 6.07) is 15.2. The van der Waals surface area contributed by atoms with Gasteiger partial charge in [0.25, 0.3) is 0 Å². The predicted octanol–water partition coefficient (Wildman–Crippen LogP) is 2.49. The first kappa shape index (κ1) is 15.0. The fraction of sp³-hybridized carbons (Fsp3) is 0.167.